The zero-order chi connectivity index (χ0) is 14.0. The van der Waals surface area contributed by atoms with Crippen LogP contribution in [0.4, 0.5) is 17.2 Å². The smallest absolute Gasteiger partial charge is 0.145 e. The molecule has 1 aromatic heterocycles. The van der Waals surface area contributed by atoms with Crippen LogP contribution < -0.4 is 15.8 Å². The van der Waals surface area contributed by atoms with Gasteiger partial charge in [0.1, 0.15) is 11.6 Å². The predicted molar refractivity (Wildman–Crippen MR) is 85.1 cm³/mol. The number of nitrogens with zero attached hydrogens (tertiary/aromatic N) is 1. The first-order chi connectivity index (χ1) is 9.02. The zero-order valence-corrected chi connectivity index (χ0v) is 13.7. The van der Waals surface area contributed by atoms with Gasteiger partial charge >= 0.3 is 0 Å². The number of benzene rings is 1. The number of methoxy groups -OCH3 is 1. The van der Waals surface area contributed by atoms with Crippen molar-refractivity contribution in [2.45, 2.75) is 6.92 Å². The molecule has 0 bridgehead atoms. The number of hydrogen-bond donors (Lipinski definition) is 2. The van der Waals surface area contributed by atoms with Gasteiger partial charge in [-0.3, -0.25) is 0 Å². The summed E-state index contributed by atoms with van der Waals surface area (Å²) < 4.78 is 6.98. The Balaban J connectivity index is 2.39. The molecule has 0 spiro atoms. The molecule has 0 unspecified atom stereocenters. The summed E-state index contributed by atoms with van der Waals surface area (Å²) >= 11 is 6.99. The molecule has 100 valence electrons. The number of pyridine rings is 1. The van der Waals surface area contributed by atoms with E-state index in [1.807, 2.05) is 25.1 Å². The van der Waals surface area contributed by atoms with E-state index in [9.17, 15) is 0 Å². The van der Waals surface area contributed by atoms with Crippen LogP contribution in [0.5, 0.6) is 5.75 Å². The van der Waals surface area contributed by atoms with E-state index < -0.39 is 0 Å². The lowest BCUT2D eigenvalue weighted by molar-refractivity contribution is 0.415. The van der Waals surface area contributed by atoms with Gasteiger partial charge in [0.05, 0.1) is 29.2 Å². The summed E-state index contributed by atoms with van der Waals surface area (Å²) in [4.78, 5) is 4.29. The van der Waals surface area contributed by atoms with E-state index in [0.717, 1.165) is 25.9 Å². The van der Waals surface area contributed by atoms with Crippen LogP contribution in [0.2, 0.25) is 0 Å². The minimum atomic E-state index is 0.655. The summed E-state index contributed by atoms with van der Waals surface area (Å²) in [5.41, 5.74) is 8.29. The van der Waals surface area contributed by atoms with Gasteiger partial charge in [-0.25, -0.2) is 4.98 Å². The first-order valence-corrected chi connectivity index (χ1v) is 7.12. The molecule has 0 radical (unpaired) electrons. The quantitative estimate of drug-likeness (QED) is 0.827. The molecule has 0 amide bonds. The number of halogens is 2. The Morgan fingerprint density at radius 1 is 1.32 bits per heavy atom. The first-order valence-electron chi connectivity index (χ1n) is 5.54. The molecule has 0 aliphatic rings. The van der Waals surface area contributed by atoms with Gasteiger partial charge in [-0.2, -0.15) is 0 Å². The topological polar surface area (TPSA) is 60.2 Å². The van der Waals surface area contributed by atoms with Gasteiger partial charge in [0.2, 0.25) is 0 Å². The Morgan fingerprint density at radius 3 is 2.74 bits per heavy atom. The van der Waals surface area contributed by atoms with Crippen molar-refractivity contribution < 1.29 is 4.74 Å². The molecule has 2 rings (SSSR count). The van der Waals surface area contributed by atoms with Gasteiger partial charge in [-0.1, -0.05) is 0 Å². The van der Waals surface area contributed by atoms with E-state index in [1.165, 1.54) is 0 Å². The van der Waals surface area contributed by atoms with Crippen molar-refractivity contribution in [3.63, 3.8) is 0 Å². The third kappa shape index (κ3) is 3.01. The van der Waals surface area contributed by atoms with Crippen LogP contribution in [0.1, 0.15) is 5.56 Å². The second-order valence-corrected chi connectivity index (χ2v) is 5.62. The van der Waals surface area contributed by atoms with Gasteiger partial charge in [-0.15, -0.1) is 0 Å². The van der Waals surface area contributed by atoms with Crippen LogP contribution in [-0.4, -0.2) is 12.1 Å². The highest BCUT2D eigenvalue weighted by Crippen LogP contribution is 2.34. The Kier molecular flexibility index (Phi) is 4.31. The molecule has 2 aromatic rings. The van der Waals surface area contributed by atoms with Crippen molar-refractivity contribution in [2.75, 3.05) is 18.2 Å². The SMILES string of the molecule is COc1ccc(Br)c(Nc2ncc(N)c(C)c2Br)c1. The van der Waals surface area contributed by atoms with Crippen LogP contribution in [-0.2, 0) is 0 Å². The normalized spacial score (nSPS) is 10.3. The average molecular weight is 387 g/mol. The second-order valence-electron chi connectivity index (χ2n) is 3.97. The number of nitrogens with two attached hydrogens (primary N) is 1. The molecule has 1 aromatic carbocycles. The monoisotopic (exact) mass is 385 g/mol. The molecule has 4 nitrogen and oxygen atoms in total. The largest absolute Gasteiger partial charge is 0.497 e. The van der Waals surface area contributed by atoms with E-state index in [-0.39, 0.29) is 0 Å². The number of rotatable bonds is 3. The number of ether oxygens (including phenoxy) is 1. The molecule has 0 aliphatic carbocycles. The highest BCUT2D eigenvalue weighted by Gasteiger charge is 2.10. The molecule has 0 saturated carbocycles. The van der Waals surface area contributed by atoms with E-state index >= 15 is 0 Å². The fourth-order valence-corrected chi connectivity index (χ4v) is 2.31. The molecule has 0 aliphatic heterocycles. The van der Waals surface area contributed by atoms with Crippen LogP contribution in [0.25, 0.3) is 0 Å². The summed E-state index contributed by atoms with van der Waals surface area (Å²) in [5, 5.41) is 3.24. The van der Waals surface area contributed by atoms with Gasteiger partial charge in [-0.05, 0) is 56.5 Å². The van der Waals surface area contributed by atoms with E-state index in [2.05, 4.69) is 42.2 Å². The Bertz CT molecular complexity index is 617. The van der Waals surface area contributed by atoms with Crippen molar-refractivity contribution in [3.05, 3.63) is 38.9 Å². The maximum atomic E-state index is 5.81. The van der Waals surface area contributed by atoms with E-state index in [0.29, 0.717) is 11.5 Å². The zero-order valence-electron chi connectivity index (χ0n) is 10.5. The van der Waals surface area contributed by atoms with Crippen molar-refractivity contribution in [2.24, 2.45) is 0 Å². The van der Waals surface area contributed by atoms with Crippen LogP contribution >= 0.6 is 31.9 Å². The number of aromatic nitrogens is 1. The standard InChI is InChI=1S/C13H13Br2N3O/c1-7-10(16)6-17-13(12(7)15)18-11-5-8(19-2)3-4-9(11)14/h3-6H,16H2,1-2H3,(H,17,18). The van der Waals surface area contributed by atoms with Crippen LogP contribution in [0, 0.1) is 6.92 Å². The summed E-state index contributed by atoms with van der Waals surface area (Å²) in [6.07, 6.45) is 1.64. The van der Waals surface area contributed by atoms with Gasteiger partial charge in [0.15, 0.2) is 0 Å². The highest BCUT2D eigenvalue weighted by molar-refractivity contribution is 9.11. The lowest BCUT2D eigenvalue weighted by Gasteiger charge is -2.13. The lowest BCUT2D eigenvalue weighted by Crippen LogP contribution is -2.00. The molecular formula is C13H13Br2N3O. The Hall–Kier alpha value is -1.27. The summed E-state index contributed by atoms with van der Waals surface area (Å²) in [6, 6.07) is 5.69. The number of hydrogen-bond acceptors (Lipinski definition) is 4. The molecule has 6 heteroatoms. The van der Waals surface area contributed by atoms with Crippen molar-refractivity contribution in [1.82, 2.24) is 4.98 Å². The van der Waals surface area contributed by atoms with Crippen LogP contribution in [0.15, 0.2) is 33.3 Å². The third-order valence-electron chi connectivity index (χ3n) is 2.73. The molecule has 0 fully saturated rings. The maximum Gasteiger partial charge on any atom is 0.145 e. The molecule has 19 heavy (non-hydrogen) atoms. The van der Waals surface area contributed by atoms with Gasteiger partial charge in [0, 0.05) is 10.5 Å². The summed E-state index contributed by atoms with van der Waals surface area (Å²) in [7, 11) is 1.63. The van der Waals surface area contributed by atoms with Crippen molar-refractivity contribution in [3.8, 4) is 5.75 Å². The lowest BCUT2D eigenvalue weighted by atomic mass is 10.2. The average Bonchev–Trinajstić information content (AvgIpc) is 2.41. The highest BCUT2D eigenvalue weighted by atomic mass is 79.9. The molecule has 3 N–H and O–H groups in total. The fraction of sp³-hybridized carbons (Fsp3) is 0.154. The first kappa shape index (κ1) is 14.1. The van der Waals surface area contributed by atoms with Gasteiger partial charge in [0.25, 0.3) is 0 Å². The van der Waals surface area contributed by atoms with E-state index in [1.54, 1.807) is 13.3 Å². The third-order valence-corrected chi connectivity index (χ3v) is 4.39. The Labute approximate surface area is 128 Å². The van der Waals surface area contributed by atoms with Crippen LogP contribution in [0.3, 0.4) is 0 Å². The van der Waals surface area contributed by atoms with E-state index in [4.69, 9.17) is 10.5 Å². The molecular weight excluding hydrogens is 374 g/mol. The van der Waals surface area contributed by atoms with Gasteiger partial charge < -0.3 is 15.8 Å². The number of nitrogen functional groups attached to an aromatic ring is 1. The number of anilines is 3. The Morgan fingerprint density at radius 2 is 2.05 bits per heavy atom. The fourth-order valence-electron chi connectivity index (χ4n) is 1.53. The molecule has 0 atom stereocenters. The predicted octanol–water partition coefficient (Wildman–Crippen LogP) is 4.25. The summed E-state index contributed by atoms with van der Waals surface area (Å²) in [6.45, 7) is 1.94. The summed E-state index contributed by atoms with van der Waals surface area (Å²) in [5.74, 6) is 1.48. The maximum absolute atomic E-state index is 5.81. The second kappa shape index (κ2) is 5.79. The number of nitrogens with one attached hydrogen (secondary N) is 1. The minimum absolute atomic E-state index is 0.655. The molecule has 0 saturated heterocycles. The minimum Gasteiger partial charge on any atom is -0.497 e. The van der Waals surface area contributed by atoms with Crippen molar-refractivity contribution in [1.29, 1.82) is 0 Å². The van der Waals surface area contributed by atoms with Crippen molar-refractivity contribution >= 4 is 49.1 Å². The molecule has 1 heterocycles.